The Labute approximate surface area is 106 Å². The second-order valence-electron chi connectivity index (χ2n) is 4.53. The van der Waals surface area contributed by atoms with Gasteiger partial charge in [0.1, 0.15) is 5.75 Å². The van der Waals surface area contributed by atoms with Gasteiger partial charge < -0.3 is 19.8 Å². The van der Waals surface area contributed by atoms with E-state index in [4.69, 9.17) is 9.47 Å². The largest absolute Gasteiger partial charge is 0.496 e. The number of aromatic nitrogens is 1. The molecule has 3 rings (SSSR count). The molecule has 2 aromatic rings. The molecule has 0 radical (unpaired) electrons. The van der Waals surface area contributed by atoms with Crippen LogP contribution >= 0.6 is 0 Å². The lowest BCUT2D eigenvalue weighted by Gasteiger charge is -2.19. The van der Waals surface area contributed by atoms with Gasteiger partial charge in [0.25, 0.3) is 0 Å². The van der Waals surface area contributed by atoms with Crippen molar-refractivity contribution in [3.05, 3.63) is 30.0 Å². The van der Waals surface area contributed by atoms with Crippen LogP contribution in [0.5, 0.6) is 5.75 Å². The first-order valence-electron chi connectivity index (χ1n) is 6.35. The summed E-state index contributed by atoms with van der Waals surface area (Å²) in [6, 6.07) is 6.49. The van der Waals surface area contributed by atoms with Gasteiger partial charge >= 0.3 is 0 Å². The molecule has 0 bridgehead atoms. The van der Waals surface area contributed by atoms with Crippen LogP contribution in [0.1, 0.15) is 18.0 Å². The maximum atomic E-state index is 5.52. The van der Waals surface area contributed by atoms with Crippen molar-refractivity contribution in [3.63, 3.8) is 0 Å². The number of methoxy groups -OCH3 is 1. The van der Waals surface area contributed by atoms with Crippen LogP contribution in [-0.2, 0) is 4.74 Å². The molecule has 4 nitrogen and oxygen atoms in total. The molecule has 1 atom stereocenters. The molecule has 1 saturated heterocycles. The number of nitrogens with one attached hydrogen (secondary N) is 2. The fraction of sp³-hybridized carbons (Fsp3) is 0.429. The third-order valence-electron chi connectivity index (χ3n) is 3.49. The lowest BCUT2D eigenvalue weighted by molar-refractivity contribution is 0.150. The van der Waals surface area contributed by atoms with Crippen molar-refractivity contribution >= 4 is 10.9 Å². The predicted octanol–water partition coefficient (Wildman–Crippen LogP) is 2.23. The quantitative estimate of drug-likeness (QED) is 0.854. The van der Waals surface area contributed by atoms with E-state index in [0.717, 1.165) is 37.4 Å². The van der Waals surface area contributed by atoms with Crippen LogP contribution in [0.4, 0.5) is 0 Å². The highest BCUT2D eigenvalue weighted by atomic mass is 16.5. The van der Waals surface area contributed by atoms with Crippen molar-refractivity contribution in [2.75, 3.05) is 26.9 Å². The van der Waals surface area contributed by atoms with Crippen molar-refractivity contribution < 1.29 is 9.47 Å². The van der Waals surface area contributed by atoms with Crippen LogP contribution in [0.3, 0.4) is 0 Å². The Morgan fingerprint density at radius 1 is 1.28 bits per heavy atom. The molecule has 0 aliphatic carbocycles. The molecule has 1 aliphatic rings. The second-order valence-corrected chi connectivity index (χ2v) is 4.53. The summed E-state index contributed by atoms with van der Waals surface area (Å²) in [4.78, 5) is 3.25. The van der Waals surface area contributed by atoms with E-state index >= 15 is 0 Å². The lowest BCUT2D eigenvalue weighted by Crippen LogP contribution is -2.22. The van der Waals surface area contributed by atoms with E-state index in [-0.39, 0.29) is 0 Å². The molecular formula is C14H18N2O2. The Hall–Kier alpha value is -1.52. The van der Waals surface area contributed by atoms with Crippen molar-refractivity contribution in [3.8, 4) is 5.75 Å². The monoisotopic (exact) mass is 246 g/mol. The van der Waals surface area contributed by atoms with Crippen LogP contribution in [-0.4, -0.2) is 31.9 Å². The first kappa shape index (κ1) is 11.6. The minimum atomic E-state index is 0.293. The summed E-state index contributed by atoms with van der Waals surface area (Å²) >= 11 is 0. The van der Waals surface area contributed by atoms with Gasteiger partial charge in [-0.05, 0) is 24.6 Å². The first-order chi connectivity index (χ1) is 8.90. The highest BCUT2D eigenvalue weighted by Crippen LogP contribution is 2.34. The zero-order valence-corrected chi connectivity index (χ0v) is 10.5. The van der Waals surface area contributed by atoms with Gasteiger partial charge in [0.15, 0.2) is 0 Å². The van der Waals surface area contributed by atoms with Gasteiger partial charge in [-0.3, -0.25) is 0 Å². The minimum absolute atomic E-state index is 0.293. The maximum Gasteiger partial charge on any atom is 0.124 e. The molecule has 0 spiro atoms. The zero-order valence-electron chi connectivity index (χ0n) is 10.5. The zero-order chi connectivity index (χ0) is 12.4. The molecule has 1 fully saturated rings. The number of ether oxygens (including phenoxy) is 2. The van der Waals surface area contributed by atoms with E-state index in [1.165, 1.54) is 10.9 Å². The van der Waals surface area contributed by atoms with E-state index in [2.05, 4.69) is 22.4 Å². The summed E-state index contributed by atoms with van der Waals surface area (Å²) in [5.41, 5.74) is 2.39. The predicted molar refractivity (Wildman–Crippen MR) is 71.0 cm³/mol. The molecule has 4 heteroatoms. The van der Waals surface area contributed by atoms with Crippen molar-refractivity contribution in [2.24, 2.45) is 0 Å². The average Bonchev–Trinajstić information content (AvgIpc) is 2.71. The van der Waals surface area contributed by atoms with E-state index in [0.29, 0.717) is 6.04 Å². The van der Waals surface area contributed by atoms with Crippen LogP contribution in [0, 0.1) is 0 Å². The highest BCUT2D eigenvalue weighted by Gasteiger charge is 2.20. The number of H-pyrrole nitrogens is 1. The van der Waals surface area contributed by atoms with E-state index in [9.17, 15) is 0 Å². The van der Waals surface area contributed by atoms with E-state index in [1.54, 1.807) is 7.11 Å². The van der Waals surface area contributed by atoms with Crippen molar-refractivity contribution in [1.82, 2.24) is 10.3 Å². The minimum Gasteiger partial charge on any atom is -0.496 e. The molecule has 1 aromatic heterocycles. The molecule has 96 valence electrons. The molecule has 1 aliphatic heterocycles. The average molecular weight is 246 g/mol. The molecule has 1 aromatic carbocycles. The Morgan fingerprint density at radius 2 is 2.22 bits per heavy atom. The van der Waals surface area contributed by atoms with Gasteiger partial charge in [0, 0.05) is 41.9 Å². The number of hydrogen-bond acceptors (Lipinski definition) is 3. The van der Waals surface area contributed by atoms with E-state index < -0.39 is 0 Å². The first-order valence-corrected chi connectivity index (χ1v) is 6.35. The summed E-state index contributed by atoms with van der Waals surface area (Å²) < 4.78 is 11.0. The maximum absolute atomic E-state index is 5.52. The Bertz CT molecular complexity index is 528. The third-order valence-corrected chi connectivity index (χ3v) is 3.49. The summed E-state index contributed by atoms with van der Waals surface area (Å²) in [7, 11) is 1.73. The van der Waals surface area contributed by atoms with E-state index in [1.807, 2.05) is 12.3 Å². The van der Waals surface area contributed by atoms with Gasteiger partial charge in [-0.15, -0.1) is 0 Å². The number of fused-ring (bicyclic) bond motifs is 1. The molecular weight excluding hydrogens is 228 g/mol. The van der Waals surface area contributed by atoms with Crippen molar-refractivity contribution in [1.29, 1.82) is 0 Å². The number of benzene rings is 1. The topological polar surface area (TPSA) is 46.3 Å². The molecule has 18 heavy (non-hydrogen) atoms. The van der Waals surface area contributed by atoms with Crippen LogP contribution in [0.25, 0.3) is 10.9 Å². The molecule has 1 unspecified atom stereocenters. The number of aromatic amines is 1. The Balaban J connectivity index is 2.09. The second kappa shape index (κ2) is 5.00. The van der Waals surface area contributed by atoms with Crippen LogP contribution < -0.4 is 10.1 Å². The molecule has 0 amide bonds. The lowest BCUT2D eigenvalue weighted by atomic mass is 9.99. The SMILES string of the molecule is COc1ccc2[nH]ccc2c1C1CCOCCN1. The number of rotatable bonds is 2. The van der Waals surface area contributed by atoms with Gasteiger partial charge in [-0.1, -0.05) is 0 Å². The molecule has 2 N–H and O–H groups in total. The summed E-state index contributed by atoms with van der Waals surface area (Å²) in [5, 5.41) is 4.77. The summed E-state index contributed by atoms with van der Waals surface area (Å²) in [5.74, 6) is 0.946. The third kappa shape index (κ3) is 1.98. The van der Waals surface area contributed by atoms with Gasteiger partial charge in [-0.2, -0.15) is 0 Å². The van der Waals surface area contributed by atoms with Gasteiger partial charge in [0.05, 0.1) is 13.7 Å². The van der Waals surface area contributed by atoms with Gasteiger partial charge in [0.2, 0.25) is 0 Å². The smallest absolute Gasteiger partial charge is 0.124 e. The fourth-order valence-electron chi connectivity index (χ4n) is 2.63. The Kier molecular flexibility index (Phi) is 3.21. The number of hydrogen-bond donors (Lipinski definition) is 2. The standard InChI is InChI=1S/C14H18N2O2/c1-17-13-3-2-11-10(4-6-15-11)14(13)12-5-8-18-9-7-16-12/h2-4,6,12,15-16H,5,7-9H2,1H3. The fourth-order valence-corrected chi connectivity index (χ4v) is 2.63. The van der Waals surface area contributed by atoms with Crippen LogP contribution in [0.15, 0.2) is 24.4 Å². The molecule has 2 heterocycles. The van der Waals surface area contributed by atoms with Gasteiger partial charge in [-0.25, -0.2) is 0 Å². The van der Waals surface area contributed by atoms with Crippen molar-refractivity contribution in [2.45, 2.75) is 12.5 Å². The molecule has 0 saturated carbocycles. The van der Waals surface area contributed by atoms with Crippen LogP contribution in [0.2, 0.25) is 0 Å². The Morgan fingerprint density at radius 3 is 3.11 bits per heavy atom. The summed E-state index contributed by atoms with van der Waals surface area (Å²) in [6.07, 6.45) is 2.95. The normalized spacial score (nSPS) is 20.8. The summed E-state index contributed by atoms with van der Waals surface area (Å²) in [6.45, 7) is 2.46. The highest BCUT2D eigenvalue weighted by molar-refractivity contribution is 5.85.